The summed E-state index contributed by atoms with van der Waals surface area (Å²) in [5.41, 5.74) is -0.108. The van der Waals surface area contributed by atoms with Crippen molar-refractivity contribution < 1.29 is 23.1 Å². The van der Waals surface area contributed by atoms with Crippen LogP contribution in [-0.2, 0) is 20.4 Å². The molecule has 0 aromatic heterocycles. The van der Waals surface area contributed by atoms with Crippen molar-refractivity contribution >= 4 is 24.6 Å². The summed E-state index contributed by atoms with van der Waals surface area (Å²) in [5.74, 6) is 0.426. The van der Waals surface area contributed by atoms with Crippen molar-refractivity contribution in [3.8, 4) is 5.75 Å². The number of carbonyl (C=O) groups is 1. The van der Waals surface area contributed by atoms with Gasteiger partial charge in [-0.25, -0.2) is 9.36 Å². The molecule has 1 aromatic rings. The number of ether oxygens (including phenoxy) is 1. The number of benzene rings is 1. The van der Waals surface area contributed by atoms with Gasteiger partial charge in [0.1, 0.15) is 12.4 Å². The van der Waals surface area contributed by atoms with Crippen LogP contribution in [0.25, 0.3) is 0 Å². The number of hydrogen-bond donors (Lipinski definition) is 0. The molecule has 1 atom stereocenters. The Morgan fingerprint density at radius 3 is 2.44 bits per heavy atom. The van der Waals surface area contributed by atoms with Gasteiger partial charge < -0.3 is 13.8 Å². The minimum atomic E-state index is -3.07. The van der Waals surface area contributed by atoms with E-state index >= 15 is 0 Å². The van der Waals surface area contributed by atoms with E-state index in [1.165, 1.54) is 6.66 Å². The molecule has 1 aromatic carbocycles. The molecule has 0 N–H and O–H groups in total. The van der Waals surface area contributed by atoms with Gasteiger partial charge in [0.15, 0.2) is 0 Å². The fraction of sp³-hybridized carbons (Fsp3) is 0.364. The molecule has 0 radical (unpaired) electrons. The van der Waals surface area contributed by atoms with Crippen molar-refractivity contribution in [3.05, 3.63) is 29.8 Å². The standard InChI is InChI=1S/C11H14ClO5P/c1-3-16-18(2,14)17-10-6-4-9(5-7-10)8-15-11(12)13/h4-7H,3,8H2,1-2H3. The van der Waals surface area contributed by atoms with Gasteiger partial charge in [-0.05, 0) is 24.6 Å². The third-order valence-electron chi connectivity index (χ3n) is 1.91. The SMILES string of the molecule is CCOP(C)(=O)Oc1ccc(COC(=O)Cl)cc1. The van der Waals surface area contributed by atoms with Crippen LogP contribution in [0.4, 0.5) is 4.79 Å². The Labute approximate surface area is 111 Å². The van der Waals surface area contributed by atoms with Crippen LogP contribution in [0.3, 0.4) is 0 Å². The second kappa shape index (κ2) is 6.78. The van der Waals surface area contributed by atoms with Crippen molar-refractivity contribution in [1.29, 1.82) is 0 Å². The van der Waals surface area contributed by atoms with Crippen LogP contribution in [0.1, 0.15) is 12.5 Å². The zero-order valence-corrected chi connectivity index (χ0v) is 11.7. The maximum atomic E-state index is 11.8. The van der Waals surface area contributed by atoms with Crippen molar-refractivity contribution in [2.24, 2.45) is 0 Å². The van der Waals surface area contributed by atoms with Gasteiger partial charge in [0.2, 0.25) is 0 Å². The third-order valence-corrected chi connectivity index (χ3v) is 3.29. The van der Waals surface area contributed by atoms with Crippen LogP contribution in [0.15, 0.2) is 24.3 Å². The minimum Gasteiger partial charge on any atom is -0.449 e. The van der Waals surface area contributed by atoms with Crippen molar-refractivity contribution in [1.82, 2.24) is 0 Å². The van der Waals surface area contributed by atoms with Gasteiger partial charge in [0.05, 0.1) is 6.61 Å². The lowest BCUT2D eigenvalue weighted by atomic mass is 10.2. The topological polar surface area (TPSA) is 61.8 Å². The minimum absolute atomic E-state index is 0.0812. The van der Waals surface area contributed by atoms with Crippen molar-refractivity contribution in [2.75, 3.05) is 13.3 Å². The lowest BCUT2D eigenvalue weighted by molar-refractivity contribution is 0.167. The van der Waals surface area contributed by atoms with E-state index in [0.717, 1.165) is 5.56 Å². The summed E-state index contributed by atoms with van der Waals surface area (Å²) in [6, 6.07) is 6.60. The zero-order chi connectivity index (χ0) is 13.6. The Morgan fingerprint density at radius 2 is 1.94 bits per heavy atom. The molecule has 0 heterocycles. The Balaban J connectivity index is 2.60. The van der Waals surface area contributed by atoms with E-state index < -0.39 is 13.0 Å². The summed E-state index contributed by atoms with van der Waals surface area (Å²) in [5, 5.41) is 0. The van der Waals surface area contributed by atoms with Crippen LogP contribution in [-0.4, -0.2) is 18.7 Å². The molecule has 18 heavy (non-hydrogen) atoms. The highest BCUT2D eigenvalue weighted by molar-refractivity contribution is 7.53. The van der Waals surface area contributed by atoms with Gasteiger partial charge >= 0.3 is 13.0 Å². The van der Waals surface area contributed by atoms with E-state index in [9.17, 15) is 9.36 Å². The van der Waals surface area contributed by atoms with Gasteiger partial charge in [-0.2, -0.15) is 0 Å². The van der Waals surface area contributed by atoms with Gasteiger partial charge in [-0.15, -0.1) is 0 Å². The average Bonchev–Trinajstić information content (AvgIpc) is 2.27. The van der Waals surface area contributed by atoms with Crippen LogP contribution in [0, 0.1) is 0 Å². The maximum Gasteiger partial charge on any atom is 0.404 e. The molecule has 0 amide bonds. The van der Waals surface area contributed by atoms with Crippen LogP contribution < -0.4 is 4.52 Å². The number of rotatable bonds is 6. The molecule has 7 heteroatoms. The summed E-state index contributed by atoms with van der Waals surface area (Å²) in [6.45, 7) is 3.54. The number of hydrogen-bond acceptors (Lipinski definition) is 5. The summed E-state index contributed by atoms with van der Waals surface area (Å²) in [6.07, 6.45) is 0. The molecule has 0 aliphatic rings. The second-order valence-electron chi connectivity index (χ2n) is 3.45. The van der Waals surface area contributed by atoms with E-state index in [0.29, 0.717) is 12.4 Å². The molecule has 100 valence electrons. The fourth-order valence-corrected chi connectivity index (χ4v) is 2.32. The molecule has 1 rings (SSSR count). The van der Waals surface area contributed by atoms with E-state index in [4.69, 9.17) is 20.6 Å². The fourth-order valence-electron chi connectivity index (χ4n) is 1.24. The third kappa shape index (κ3) is 5.54. The van der Waals surface area contributed by atoms with Crippen molar-refractivity contribution in [2.45, 2.75) is 13.5 Å². The molecule has 0 saturated heterocycles. The highest BCUT2D eigenvalue weighted by Gasteiger charge is 2.17. The highest BCUT2D eigenvalue weighted by Crippen LogP contribution is 2.44. The normalized spacial score (nSPS) is 13.7. The quantitative estimate of drug-likeness (QED) is 0.589. The summed E-state index contributed by atoms with van der Waals surface area (Å²) in [7, 11) is -3.07. The Kier molecular flexibility index (Phi) is 5.66. The first kappa shape index (κ1) is 15.0. The van der Waals surface area contributed by atoms with Gasteiger partial charge in [-0.3, -0.25) is 0 Å². The Bertz CT molecular complexity index is 445. The van der Waals surface area contributed by atoms with Crippen LogP contribution >= 0.6 is 19.2 Å². The van der Waals surface area contributed by atoms with E-state index in [2.05, 4.69) is 4.74 Å². The molecule has 0 aliphatic heterocycles. The first-order valence-corrected chi connectivity index (χ1v) is 7.62. The highest BCUT2D eigenvalue weighted by atomic mass is 35.5. The lowest BCUT2D eigenvalue weighted by Crippen LogP contribution is -1.97. The summed E-state index contributed by atoms with van der Waals surface area (Å²) < 4.78 is 26.6. The molecule has 0 saturated carbocycles. The molecular weight excluding hydrogens is 279 g/mol. The number of carbonyl (C=O) groups excluding carboxylic acids is 1. The lowest BCUT2D eigenvalue weighted by Gasteiger charge is -2.14. The van der Waals surface area contributed by atoms with Gasteiger partial charge in [-0.1, -0.05) is 12.1 Å². The second-order valence-corrected chi connectivity index (χ2v) is 5.74. The monoisotopic (exact) mass is 292 g/mol. The average molecular weight is 293 g/mol. The van der Waals surface area contributed by atoms with E-state index in [1.54, 1.807) is 31.2 Å². The first-order chi connectivity index (χ1) is 8.43. The zero-order valence-electron chi connectivity index (χ0n) is 10.1. The molecular formula is C11H14ClO5P. The van der Waals surface area contributed by atoms with E-state index in [1.807, 2.05) is 0 Å². The summed E-state index contributed by atoms with van der Waals surface area (Å²) in [4.78, 5) is 10.4. The first-order valence-electron chi connectivity index (χ1n) is 5.26. The van der Waals surface area contributed by atoms with Crippen molar-refractivity contribution in [3.63, 3.8) is 0 Å². The molecule has 0 spiro atoms. The summed E-state index contributed by atoms with van der Waals surface area (Å²) >= 11 is 5.04. The Morgan fingerprint density at radius 1 is 1.33 bits per heavy atom. The smallest absolute Gasteiger partial charge is 0.404 e. The molecule has 0 fully saturated rings. The molecule has 5 nitrogen and oxygen atoms in total. The predicted molar refractivity (Wildman–Crippen MR) is 68.3 cm³/mol. The van der Waals surface area contributed by atoms with E-state index in [-0.39, 0.29) is 6.61 Å². The van der Waals surface area contributed by atoms with Crippen LogP contribution in [0.5, 0.6) is 5.75 Å². The Hall–Kier alpha value is -1.03. The van der Waals surface area contributed by atoms with Crippen LogP contribution in [0.2, 0.25) is 0 Å². The molecule has 0 aliphatic carbocycles. The molecule has 1 unspecified atom stereocenters. The maximum absolute atomic E-state index is 11.8. The molecule has 0 bridgehead atoms. The van der Waals surface area contributed by atoms with Gasteiger partial charge in [0.25, 0.3) is 0 Å². The number of halogens is 1. The largest absolute Gasteiger partial charge is 0.449 e. The predicted octanol–water partition coefficient (Wildman–Crippen LogP) is 3.80. The van der Waals surface area contributed by atoms with Gasteiger partial charge in [0, 0.05) is 18.3 Å².